The summed E-state index contributed by atoms with van der Waals surface area (Å²) in [4.78, 5) is 0. The van der Waals surface area contributed by atoms with Crippen molar-refractivity contribution < 1.29 is 26.7 Å². The van der Waals surface area contributed by atoms with Crippen LogP contribution in [0.4, 0.5) is 22.0 Å². The number of rotatable bonds is 1. The van der Waals surface area contributed by atoms with Gasteiger partial charge in [0.2, 0.25) is 5.75 Å². The van der Waals surface area contributed by atoms with Crippen molar-refractivity contribution in [3.05, 3.63) is 29.8 Å². The monoisotopic (exact) mass is 198 g/mol. The van der Waals surface area contributed by atoms with Crippen LogP contribution in [-0.4, -0.2) is 6.36 Å². The fourth-order valence-electron chi connectivity index (χ4n) is 0.696. The van der Waals surface area contributed by atoms with Gasteiger partial charge in [-0.05, 0) is 12.1 Å². The maximum Gasteiger partial charge on any atom is 0.573 e. The molecule has 0 atom stereocenters. The summed E-state index contributed by atoms with van der Waals surface area (Å²) in [6, 6.07) is 2.28. The average Bonchev–Trinajstić information content (AvgIpc) is 1.95. The first kappa shape index (κ1) is 9.76. The highest BCUT2D eigenvalue weighted by Crippen LogP contribution is 2.27. The number of hydrogen-bond donors (Lipinski definition) is 0. The van der Waals surface area contributed by atoms with Crippen LogP contribution in [0.1, 0.15) is 0 Å². The minimum absolute atomic E-state index is 0.671. The maximum atomic E-state index is 12.5. The number of alkyl halides is 3. The zero-order chi connectivity index (χ0) is 10.1. The largest absolute Gasteiger partial charge is 0.573 e. The third-order valence-corrected chi connectivity index (χ3v) is 1.14. The fraction of sp³-hybridized carbons (Fsp3) is 0.143. The van der Waals surface area contributed by atoms with Crippen LogP contribution in [0.3, 0.4) is 0 Å². The lowest BCUT2D eigenvalue weighted by molar-refractivity contribution is -0.276. The lowest BCUT2D eigenvalue weighted by atomic mass is 10.3. The molecule has 0 N–H and O–H groups in total. The molecule has 0 aliphatic rings. The molecular weight excluding hydrogens is 195 g/mol. The van der Waals surface area contributed by atoms with Crippen LogP contribution < -0.4 is 4.74 Å². The maximum absolute atomic E-state index is 12.5. The molecule has 13 heavy (non-hydrogen) atoms. The Morgan fingerprint density at radius 2 is 1.46 bits per heavy atom. The van der Waals surface area contributed by atoms with Crippen molar-refractivity contribution in [3.63, 3.8) is 0 Å². The molecule has 0 spiro atoms. The number of halogens is 5. The third kappa shape index (κ3) is 2.57. The van der Waals surface area contributed by atoms with Crippen LogP contribution in [0.2, 0.25) is 0 Å². The summed E-state index contributed by atoms with van der Waals surface area (Å²) in [5.74, 6) is -4.22. The van der Waals surface area contributed by atoms with Gasteiger partial charge in [-0.15, -0.1) is 13.2 Å². The van der Waals surface area contributed by atoms with E-state index in [1.54, 1.807) is 0 Å². The number of para-hydroxylation sites is 1. The summed E-state index contributed by atoms with van der Waals surface area (Å²) < 4.78 is 62.8. The second-order valence-electron chi connectivity index (χ2n) is 2.10. The van der Waals surface area contributed by atoms with Crippen molar-refractivity contribution in [2.75, 3.05) is 0 Å². The van der Waals surface area contributed by atoms with Crippen molar-refractivity contribution in [2.24, 2.45) is 0 Å². The van der Waals surface area contributed by atoms with E-state index in [1.165, 1.54) is 0 Å². The minimum atomic E-state index is -5.09. The zero-order valence-corrected chi connectivity index (χ0v) is 6.03. The van der Waals surface area contributed by atoms with Gasteiger partial charge in [0.1, 0.15) is 0 Å². The van der Waals surface area contributed by atoms with Gasteiger partial charge in [0, 0.05) is 0 Å². The summed E-state index contributed by atoms with van der Waals surface area (Å²) in [6.45, 7) is 0. The first-order chi connectivity index (χ1) is 5.90. The van der Waals surface area contributed by atoms with Gasteiger partial charge in [-0.25, -0.2) is 8.78 Å². The topological polar surface area (TPSA) is 9.23 Å². The Morgan fingerprint density at radius 3 is 1.85 bits per heavy atom. The molecule has 1 aromatic rings. The molecule has 1 rings (SSSR count). The van der Waals surface area contributed by atoms with E-state index in [2.05, 4.69) is 4.74 Å². The van der Waals surface area contributed by atoms with Crippen LogP contribution in [0.15, 0.2) is 18.2 Å². The molecule has 6 heteroatoms. The molecule has 0 bridgehead atoms. The lowest BCUT2D eigenvalue weighted by Crippen LogP contribution is -2.18. The Morgan fingerprint density at radius 1 is 1.00 bits per heavy atom. The zero-order valence-electron chi connectivity index (χ0n) is 6.03. The molecule has 0 aromatic heterocycles. The summed E-state index contributed by atoms with van der Waals surface area (Å²) in [5.41, 5.74) is 0. The van der Waals surface area contributed by atoms with E-state index in [9.17, 15) is 22.0 Å². The molecule has 0 saturated heterocycles. The van der Waals surface area contributed by atoms with Crippen LogP contribution in [0.25, 0.3) is 0 Å². The number of benzene rings is 1. The highest BCUT2D eigenvalue weighted by Gasteiger charge is 2.33. The van der Waals surface area contributed by atoms with Gasteiger partial charge in [0.05, 0.1) is 0 Å². The lowest BCUT2D eigenvalue weighted by Gasteiger charge is -2.09. The molecule has 72 valence electrons. The molecule has 1 aromatic carbocycles. The molecule has 0 radical (unpaired) electrons. The highest BCUT2D eigenvalue weighted by molar-refractivity contribution is 5.26. The predicted octanol–water partition coefficient (Wildman–Crippen LogP) is 2.86. The molecule has 0 heterocycles. The highest BCUT2D eigenvalue weighted by atomic mass is 19.4. The Kier molecular flexibility index (Phi) is 2.40. The smallest absolute Gasteiger partial charge is 0.399 e. The number of ether oxygens (including phenoxy) is 1. The second-order valence-corrected chi connectivity index (χ2v) is 2.10. The standard InChI is InChI=1S/C7H3F5O/c8-4-2-1-3-5(9)6(4)13-7(10,11)12/h1-3H. The minimum Gasteiger partial charge on any atom is -0.399 e. The first-order valence-corrected chi connectivity index (χ1v) is 3.10. The van der Waals surface area contributed by atoms with Gasteiger partial charge in [0.15, 0.2) is 11.6 Å². The van der Waals surface area contributed by atoms with Gasteiger partial charge in [0.25, 0.3) is 0 Å². The van der Waals surface area contributed by atoms with Crippen LogP contribution >= 0.6 is 0 Å². The summed E-state index contributed by atoms with van der Waals surface area (Å²) in [7, 11) is 0. The van der Waals surface area contributed by atoms with Crippen molar-refractivity contribution in [3.8, 4) is 5.75 Å². The van der Waals surface area contributed by atoms with Crippen LogP contribution in [0.5, 0.6) is 5.75 Å². The molecule has 0 aliphatic heterocycles. The van der Waals surface area contributed by atoms with E-state index >= 15 is 0 Å². The van der Waals surface area contributed by atoms with E-state index in [-0.39, 0.29) is 0 Å². The van der Waals surface area contributed by atoms with E-state index in [1.807, 2.05) is 0 Å². The molecule has 0 aliphatic carbocycles. The summed E-state index contributed by atoms with van der Waals surface area (Å²) >= 11 is 0. The van der Waals surface area contributed by atoms with Gasteiger partial charge in [-0.2, -0.15) is 0 Å². The van der Waals surface area contributed by atoms with Crippen molar-refractivity contribution in [1.82, 2.24) is 0 Å². The van der Waals surface area contributed by atoms with E-state index in [0.717, 1.165) is 6.07 Å². The third-order valence-electron chi connectivity index (χ3n) is 1.14. The Balaban J connectivity index is 3.00. The van der Waals surface area contributed by atoms with E-state index < -0.39 is 23.7 Å². The van der Waals surface area contributed by atoms with Crippen molar-refractivity contribution in [1.29, 1.82) is 0 Å². The average molecular weight is 198 g/mol. The second kappa shape index (κ2) is 3.20. The van der Waals surface area contributed by atoms with Gasteiger partial charge in [-0.1, -0.05) is 6.07 Å². The predicted molar refractivity (Wildman–Crippen MR) is 33.0 cm³/mol. The first-order valence-electron chi connectivity index (χ1n) is 3.10. The Bertz CT molecular complexity index is 286. The van der Waals surface area contributed by atoms with E-state index in [0.29, 0.717) is 12.1 Å². The van der Waals surface area contributed by atoms with E-state index in [4.69, 9.17) is 0 Å². The van der Waals surface area contributed by atoms with Gasteiger partial charge < -0.3 is 4.74 Å². The fourth-order valence-corrected chi connectivity index (χ4v) is 0.696. The summed E-state index contributed by atoms with van der Waals surface area (Å²) in [5, 5.41) is 0. The summed E-state index contributed by atoms with van der Waals surface area (Å²) in [6.07, 6.45) is -5.09. The normalized spacial score (nSPS) is 11.5. The van der Waals surface area contributed by atoms with Crippen LogP contribution in [0, 0.1) is 11.6 Å². The molecule has 0 fully saturated rings. The Labute approximate surface area is 69.7 Å². The number of hydrogen-bond acceptors (Lipinski definition) is 1. The Hall–Kier alpha value is -1.33. The molecule has 0 unspecified atom stereocenters. The molecule has 0 saturated carbocycles. The van der Waals surface area contributed by atoms with Crippen molar-refractivity contribution in [2.45, 2.75) is 6.36 Å². The molecule has 0 amide bonds. The SMILES string of the molecule is Fc1cccc(F)c1OC(F)(F)F. The molecular formula is C7H3F5O. The van der Waals surface area contributed by atoms with Gasteiger partial charge >= 0.3 is 6.36 Å². The van der Waals surface area contributed by atoms with Crippen molar-refractivity contribution >= 4 is 0 Å². The van der Waals surface area contributed by atoms with Gasteiger partial charge in [-0.3, -0.25) is 0 Å². The quantitative estimate of drug-likeness (QED) is 0.630. The van der Waals surface area contributed by atoms with Crippen LogP contribution in [-0.2, 0) is 0 Å². The molecule has 1 nitrogen and oxygen atoms in total.